The molecule has 1 saturated heterocycles. The molecule has 2 amide bonds. The van der Waals surface area contributed by atoms with E-state index in [9.17, 15) is 14.4 Å². The van der Waals surface area contributed by atoms with E-state index in [0.717, 1.165) is 11.1 Å². The van der Waals surface area contributed by atoms with E-state index in [1.165, 1.54) is 0 Å². The lowest BCUT2D eigenvalue weighted by molar-refractivity contribution is -0.131. The summed E-state index contributed by atoms with van der Waals surface area (Å²) in [5, 5.41) is 2.67. The Labute approximate surface area is 158 Å². The first kappa shape index (κ1) is 20.7. The number of amides is 2. The number of carbonyl (C=O) groups is 3. The third kappa shape index (κ3) is 6.56. The number of nitrogens with one attached hydrogen (secondary N) is 1. The average Bonchev–Trinajstić information content (AvgIpc) is 3.30. The van der Waals surface area contributed by atoms with Crippen LogP contribution in [0.5, 0.6) is 0 Å². The van der Waals surface area contributed by atoms with Crippen LogP contribution in [-0.4, -0.2) is 41.9 Å². The molecule has 1 fully saturated rings. The highest BCUT2D eigenvalue weighted by molar-refractivity contribution is 5.94. The average molecular weight is 378 g/mol. The molecule has 2 atom stereocenters. The van der Waals surface area contributed by atoms with Crippen molar-refractivity contribution in [3.8, 4) is 0 Å². The Bertz CT molecular complexity index is 704. The van der Waals surface area contributed by atoms with E-state index >= 15 is 0 Å². The number of alkyl carbamates (subject to hydrolysis) is 1. The van der Waals surface area contributed by atoms with Gasteiger partial charge < -0.3 is 25.3 Å². The molecule has 0 unspecified atom stereocenters. The molecule has 0 spiro atoms. The maximum absolute atomic E-state index is 12.4. The summed E-state index contributed by atoms with van der Waals surface area (Å²) < 4.78 is 15.3. The Hall–Kier alpha value is -2.61. The largest absolute Gasteiger partial charge is 0.444 e. The van der Waals surface area contributed by atoms with Crippen molar-refractivity contribution in [3.05, 3.63) is 35.4 Å². The van der Waals surface area contributed by atoms with Gasteiger partial charge in [0.2, 0.25) is 5.78 Å². The van der Waals surface area contributed by atoms with Gasteiger partial charge >= 0.3 is 12.2 Å². The molecule has 2 rings (SSSR count). The second-order valence-electron chi connectivity index (χ2n) is 7.69. The third-order valence-electron chi connectivity index (χ3n) is 3.93. The van der Waals surface area contributed by atoms with Crippen molar-refractivity contribution in [2.24, 2.45) is 5.73 Å². The fourth-order valence-corrected chi connectivity index (χ4v) is 2.41. The van der Waals surface area contributed by atoms with Gasteiger partial charge in [0.15, 0.2) is 11.7 Å². The molecule has 1 aromatic rings. The Morgan fingerprint density at radius 2 is 1.78 bits per heavy atom. The second kappa shape index (κ2) is 7.96. The van der Waals surface area contributed by atoms with Gasteiger partial charge in [0, 0.05) is 13.0 Å². The standard InChI is InChI=1S/C19H26N2O6/c1-18(2,3)27-17(24)21-10-13-7-5-12(6-8-13)9-14(26-16(20)23)15(22)19(4)11-25-19/h5-8,14H,9-11H2,1-4H3,(H2,20,23)(H,21,24)/t14-,19+/m0/s1. The van der Waals surface area contributed by atoms with Gasteiger partial charge in [-0.3, -0.25) is 4.79 Å². The zero-order valence-electron chi connectivity index (χ0n) is 16.0. The highest BCUT2D eigenvalue weighted by atomic mass is 16.6. The van der Waals surface area contributed by atoms with Crippen LogP contribution in [0.1, 0.15) is 38.8 Å². The van der Waals surface area contributed by atoms with Gasteiger partial charge in [-0.05, 0) is 38.8 Å². The van der Waals surface area contributed by atoms with Gasteiger partial charge in [-0.2, -0.15) is 0 Å². The van der Waals surface area contributed by atoms with Crippen LogP contribution in [-0.2, 0) is 32.0 Å². The summed E-state index contributed by atoms with van der Waals surface area (Å²) in [5.74, 6) is -0.308. The van der Waals surface area contributed by atoms with Gasteiger partial charge in [-0.1, -0.05) is 24.3 Å². The van der Waals surface area contributed by atoms with Crippen molar-refractivity contribution in [2.45, 2.75) is 58.0 Å². The van der Waals surface area contributed by atoms with Crippen molar-refractivity contribution >= 4 is 18.0 Å². The van der Waals surface area contributed by atoms with Crippen molar-refractivity contribution in [1.29, 1.82) is 0 Å². The Balaban J connectivity index is 1.93. The lowest BCUT2D eigenvalue weighted by Crippen LogP contribution is -2.39. The van der Waals surface area contributed by atoms with Crippen LogP contribution in [0.4, 0.5) is 9.59 Å². The monoisotopic (exact) mass is 378 g/mol. The summed E-state index contributed by atoms with van der Waals surface area (Å²) in [4.78, 5) is 35.2. The third-order valence-corrected chi connectivity index (χ3v) is 3.93. The van der Waals surface area contributed by atoms with Gasteiger partial charge in [0.25, 0.3) is 0 Å². The molecule has 1 aromatic carbocycles. The van der Waals surface area contributed by atoms with Gasteiger partial charge in [-0.25, -0.2) is 9.59 Å². The number of hydrogen-bond acceptors (Lipinski definition) is 6. The molecule has 1 heterocycles. The molecule has 0 aliphatic carbocycles. The number of epoxide rings is 1. The summed E-state index contributed by atoms with van der Waals surface area (Å²) in [5.41, 5.74) is 5.27. The Morgan fingerprint density at radius 1 is 1.22 bits per heavy atom. The van der Waals surface area contributed by atoms with Gasteiger partial charge in [0.05, 0.1) is 6.61 Å². The summed E-state index contributed by atoms with van der Waals surface area (Å²) in [7, 11) is 0. The number of primary amides is 1. The number of nitrogens with two attached hydrogens (primary N) is 1. The van der Waals surface area contributed by atoms with Crippen LogP contribution in [0.15, 0.2) is 24.3 Å². The number of benzene rings is 1. The molecule has 8 heteroatoms. The topological polar surface area (TPSA) is 120 Å². The molecule has 1 aliphatic heterocycles. The zero-order valence-corrected chi connectivity index (χ0v) is 16.0. The number of Topliss-reactive ketones (excluding diaryl/α,β-unsaturated/α-hetero) is 1. The van der Waals surface area contributed by atoms with E-state index in [4.69, 9.17) is 19.9 Å². The molecule has 0 aromatic heterocycles. The quantitative estimate of drug-likeness (QED) is 0.701. The molecule has 27 heavy (non-hydrogen) atoms. The fourth-order valence-electron chi connectivity index (χ4n) is 2.41. The first-order valence-electron chi connectivity index (χ1n) is 8.67. The summed E-state index contributed by atoms with van der Waals surface area (Å²) in [6.07, 6.45) is -2.30. The van der Waals surface area contributed by atoms with Crippen LogP contribution < -0.4 is 11.1 Å². The maximum atomic E-state index is 12.4. The zero-order chi connectivity index (χ0) is 20.2. The van der Waals surface area contributed by atoms with E-state index in [0.29, 0.717) is 13.2 Å². The van der Waals surface area contributed by atoms with Crippen molar-refractivity contribution in [2.75, 3.05) is 6.61 Å². The predicted octanol–water partition coefficient (Wildman–Crippen LogP) is 2.08. The molecular formula is C19H26N2O6. The molecule has 0 saturated carbocycles. The van der Waals surface area contributed by atoms with E-state index in [1.54, 1.807) is 39.8 Å². The van der Waals surface area contributed by atoms with E-state index in [-0.39, 0.29) is 12.2 Å². The van der Waals surface area contributed by atoms with E-state index in [1.807, 2.05) is 12.1 Å². The second-order valence-corrected chi connectivity index (χ2v) is 7.69. The SMILES string of the molecule is CC(C)(C)OC(=O)NCc1ccc(C[C@H](OC(N)=O)C(=O)[C@@]2(C)CO2)cc1. The normalized spacial score (nSPS) is 19.7. The van der Waals surface area contributed by atoms with Crippen LogP contribution in [0.2, 0.25) is 0 Å². The Kier molecular flexibility index (Phi) is 6.10. The lowest BCUT2D eigenvalue weighted by Gasteiger charge is -2.19. The molecule has 0 bridgehead atoms. The van der Waals surface area contributed by atoms with Crippen LogP contribution in [0.25, 0.3) is 0 Å². The maximum Gasteiger partial charge on any atom is 0.407 e. The van der Waals surface area contributed by atoms with E-state index < -0.39 is 29.5 Å². The first-order valence-corrected chi connectivity index (χ1v) is 8.67. The minimum atomic E-state index is -1.00. The Morgan fingerprint density at radius 3 is 2.26 bits per heavy atom. The van der Waals surface area contributed by atoms with Crippen molar-refractivity contribution in [1.82, 2.24) is 5.32 Å². The minimum Gasteiger partial charge on any atom is -0.444 e. The molecular weight excluding hydrogens is 352 g/mol. The lowest BCUT2D eigenvalue weighted by atomic mass is 9.96. The molecule has 148 valence electrons. The summed E-state index contributed by atoms with van der Waals surface area (Å²) in [6.45, 7) is 7.64. The van der Waals surface area contributed by atoms with Crippen molar-refractivity contribution < 1.29 is 28.6 Å². The molecule has 8 nitrogen and oxygen atoms in total. The number of hydrogen-bond donors (Lipinski definition) is 2. The number of rotatable bonds is 7. The molecule has 3 N–H and O–H groups in total. The van der Waals surface area contributed by atoms with Crippen LogP contribution in [0.3, 0.4) is 0 Å². The molecule has 1 aliphatic rings. The van der Waals surface area contributed by atoms with Gasteiger partial charge in [0.1, 0.15) is 5.60 Å². The first-order chi connectivity index (χ1) is 12.5. The fraction of sp³-hybridized carbons (Fsp3) is 0.526. The predicted molar refractivity (Wildman–Crippen MR) is 97.0 cm³/mol. The number of ketones is 1. The van der Waals surface area contributed by atoms with Crippen LogP contribution in [0, 0.1) is 0 Å². The highest BCUT2D eigenvalue weighted by Crippen LogP contribution is 2.30. The number of ether oxygens (including phenoxy) is 3. The highest BCUT2D eigenvalue weighted by Gasteiger charge is 2.50. The van der Waals surface area contributed by atoms with Gasteiger partial charge in [-0.15, -0.1) is 0 Å². The van der Waals surface area contributed by atoms with Crippen LogP contribution >= 0.6 is 0 Å². The minimum absolute atomic E-state index is 0.195. The van der Waals surface area contributed by atoms with E-state index in [2.05, 4.69) is 5.32 Å². The summed E-state index contributed by atoms with van der Waals surface area (Å²) in [6, 6.07) is 7.22. The number of carbonyl (C=O) groups excluding carboxylic acids is 3. The smallest absolute Gasteiger partial charge is 0.407 e. The van der Waals surface area contributed by atoms with Crippen molar-refractivity contribution in [3.63, 3.8) is 0 Å². The molecule has 0 radical (unpaired) electrons. The summed E-state index contributed by atoms with van der Waals surface area (Å²) >= 11 is 0.